The fraction of sp³-hybridized carbons (Fsp3) is 0.519. The van der Waals surface area contributed by atoms with Gasteiger partial charge in [-0.05, 0) is 42.3 Å². The first-order valence-corrected chi connectivity index (χ1v) is 14.0. The summed E-state index contributed by atoms with van der Waals surface area (Å²) in [5.41, 5.74) is 10.0. The van der Waals surface area contributed by atoms with Crippen LogP contribution in [0.3, 0.4) is 0 Å². The first-order chi connectivity index (χ1) is 18.0. The molecule has 10 heteroatoms. The summed E-state index contributed by atoms with van der Waals surface area (Å²) in [6, 6.07) is 4.42. The van der Waals surface area contributed by atoms with Crippen molar-refractivity contribution in [2.45, 2.75) is 31.6 Å². The van der Waals surface area contributed by atoms with Gasteiger partial charge >= 0.3 is 0 Å². The number of piperazine rings is 2. The van der Waals surface area contributed by atoms with E-state index >= 15 is 0 Å². The maximum atomic E-state index is 7.78. The quantitative estimate of drug-likeness (QED) is 0.514. The van der Waals surface area contributed by atoms with Crippen LogP contribution < -0.4 is 20.9 Å². The van der Waals surface area contributed by atoms with Crippen LogP contribution in [0.15, 0.2) is 24.5 Å². The van der Waals surface area contributed by atoms with E-state index in [1.165, 1.54) is 10.6 Å². The molecule has 0 radical (unpaired) electrons. The molecule has 0 bridgehead atoms. The van der Waals surface area contributed by atoms with Gasteiger partial charge in [-0.3, -0.25) is 0 Å². The first-order valence-electron chi connectivity index (χ1n) is 13.2. The minimum Gasteiger partial charge on any atom is -0.399 e. The number of aryl methyl sites for hydroxylation is 1. The second kappa shape index (κ2) is 9.63. The zero-order chi connectivity index (χ0) is 25.6. The molecule has 6 rings (SSSR count). The van der Waals surface area contributed by atoms with E-state index in [-0.39, 0.29) is 5.41 Å². The highest BCUT2D eigenvalue weighted by Gasteiger charge is 2.39. The molecule has 2 aliphatic heterocycles. The number of nitrogens with zero attached hydrogens (tertiary/aromatic N) is 7. The predicted octanol–water partition coefficient (Wildman–Crippen LogP) is 3.27. The van der Waals surface area contributed by atoms with Crippen molar-refractivity contribution in [3.8, 4) is 5.82 Å². The number of rotatable bonds is 4. The summed E-state index contributed by atoms with van der Waals surface area (Å²) in [6.07, 6.45) is 7.13. The molecule has 1 aliphatic carbocycles. The van der Waals surface area contributed by atoms with Gasteiger partial charge in [0, 0.05) is 81.8 Å². The van der Waals surface area contributed by atoms with Crippen molar-refractivity contribution in [2.24, 2.45) is 0 Å². The molecule has 9 nitrogen and oxygen atoms in total. The van der Waals surface area contributed by atoms with Gasteiger partial charge in [-0.1, -0.05) is 6.92 Å². The lowest BCUT2D eigenvalue weighted by Gasteiger charge is -2.35. The fourth-order valence-electron chi connectivity index (χ4n) is 6.00. The van der Waals surface area contributed by atoms with Crippen LogP contribution in [-0.2, 0) is 11.8 Å². The Bertz CT molecular complexity index is 1320. The van der Waals surface area contributed by atoms with Gasteiger partial charge in [0.1, 0.15) is 5.82 Å². The standard InChI is InChI=1S/C27H35N9S/c1-27(6-4-5-21-24(27)25(29-2)26(28)37-21)19-17-31-36(18-19)23-16-20(34-9-7-30-8-10-34)15-22(32-23)35-13-11-33(3)12-14-35/h15-18,30H,4-14,28H2,1,3H3. The van der Waals surface area contributed by atoms with E-state index < -0.39 is 0 Å². The lowest BCUT2D eigenvalue weighted by molar-refractivity contribution is 0.312. The number of aromatic nitrogens is 3. The summed E-state index contributed by atoms with van der Waals surface area (Å²) in [4.78, 5) is 17.4. The number of pyridine rings is 1. The summed E-state index contributed by atoms with van der Waals surface area (Å²) in [5.74, 6) is 1.86. The largest absolute Gasteiger partial charge is 0.399 e. The normalized spacial score (nSPS) is 22.6. The minimum absolute atomic E-state index is 0.281. The Hall–Kier alpha value is -3.13. The molecule has 0 saturated carbocycles. The highest BCUT2D eigenvalue weighted by Crippen LogP contribution is 2.52. The second-order valence-electron chi connectivity index (χ2n) is 10.7. The van der Waals surface area contributed by atoms with Gasteiger partial charge in [0.2, 0.25) is 5.69 Å². The molecule has 37 heavy (non-hydrogen) atoms. The Morgan fingerprint density at radius 1 is 1.08 bits per heavy atom. The Morgan fingerprint density at radius 3 is 2.59 bits per heavy atom. The van der Waals surface area contributed by atoms with Gasteiger partial charge < -0.3 is 25.8 Å². The SMILES string of the molecule is [C-]#[N+]c1c(N)sc2c1C(C)(c1cnn(-c3cc(N4CCNCC4)cc(N4CCN(C)CC4)n3)c1)CCC2. The number of nitrogens with one attached hydrogen (secondary N) is 1. The highest BCUT2D eigenvalue weighted by atomic mass is 32.1. The third kappa shape index (κ3) is 4.35. The van der Waals surface area contributed by atoms with Gasteiger partial charge in [0.25, 0.3) is 0 Å². The third-order valence-corrected chi connectivity index (χ3v) is 9.34. The Balaban J connectivity index is 1.39. The van der Waals surface area contributed by atoms with Crippen LogP contribution in [0.4, 0.5) is 22.2 Å². The number of anilines is 3. The summed E-state index contributed by atoms with van der Waals surface area (Å²) >= 11 is 1.58. The molecule has 3 N–H and O–H groups in total. The smallest absolute Gasteiger partial charge is 0.224 e. The summed E-state index contributed by atoms with van der Waals surface area (Å²) in [7, 11) is 2.18. The van der Waals surface area contributed by atoms with Gasteiger partial charge in [0.15, 0.2) is 5.82 Å². The van der Waals surface area contributed by atoms with Gasteiger partial charge in [-0.2, -0.15) is 5.10 Å². The number of likely N-dealkylation sites (N-methyl/N-ethyl adjacent to an activating group) is 1. The van der Waals surface area contributed by atoms with Crippen molar-refractivity contribution < 1.29 is 0 Å². The molecule has 1 unspecified atom stereocenters. The van der Waals surface area contributed by atoms with Crippen LogP contribution in [0.5, 0.6) is 0 Å². The van der Waals surface area contributed by atoms with Crippen LogP contribution in [0.25, 0.3) is 10.7 Å². The third-order valence-electron chi connectivity index (χ3n) is 8.27. The molecule has 5 heterocycles. The number of thiophene rings is 1. The van der Waals surface area contributed by atoms with Crippen molar-refractivity contribution in [3.63, 3.8) is 0 Å². The summed E-state index contributed by atoms with van der Waals surface area (Å²) < 4.78 is 1.92. The molecule has 2 saturated heterocycles. The molecule has 2 fully saturated rings. The topological polar surface area (TPSA) is 82.8 Å². The van der Waals surface area contributed by atoms with E-state index in [1.807, 2.05) is 10.9 Å². The van der Waals surface area contributed by atoms with Gasteiger partial charge in [0.05, 0.1) is 17.8 Å². The van der Waals surface area contributed by atoms with Crippen molar-refractivity contribution in [2.75, 3.05) is 74.9 Å². The van der Waals surface area contributed by atoms with Crippen LogP contribution in [0.2, 0.25) is 0 Å². The first kappa shape index (κ1) is 24.2. The summed E-state index contributed by atoms with van der Waals surface area (Å²) in [5, 5.41) is 8.92. The maximum Gasteiger partial charge on any atom is 0.224 e. The van der Waals surface area contributed by atoms with E-state index in [4.69, 9.17) is 22.4 Å². The van der Waals surface area contributed by atoms with E-state index in [0.717, 1.165) is 94.4 Å². The lowest BCUT2D eigenvalue weighted by Crippen LogP contribution is -2.45. The molecule has 3 aliphatic rings. The van der Waals surface area contributed by atoms with Gasteiger partial charge in [-0.25, -0.2) is 14.5 Å². The summed E-state index contributed by atoms with van der Waals surface area (Å²) in [6.45, 7) is 18.0. The average molecular weight is 518 g/mol. The molecule has 0 aromatic carbocycles. The number of nitrogens with two attached hydrogens (primary N) is 1. The highest BCUT2D eigenvalue weighted by molar-refractivity contribution is 7.16. The predicted molar refractivity (Wildman–Crippen MR) is 151 cm³/mol. The van der Waals surface area contributed by atoms with Crippen molar-refractivity contribution in [1.29, 1.82) is 0 Å². The van der Waals surface area contributed by atoms with Crippen LogP contribution in [0, 0.1) is 6.57 Å². The Kier molecular flexibility index (Phi) is 6.31. The Labute approximate surface area is 222 Å². The van der Waals surface area contributed by atoms with E-state index in [2.05, 4.69) is 57.2 Å². The van der Waals surface area contributed by atoms with Crippen LogP contribution in [0.1, 0.15) is 35.8 Å². The molecule has 194 valence electrons. The van der Waals surface area contributed by atoms with Crippen molar-refractivity contribution in [1.82, 2.24) is 25.0 Å². The number of hydrogen-bond donors (Lipinski definition) is 2. The number of nitrogen functional groups attached to an aromatic ring is 1. The monoisotopic (exact) mass is 517 g/mol. The Morgan fingerprint density at radius 2 is 1.84 bits per heavy atom. The maximum absolute atomic E-state index is 7.78. The van der Waals surface area contributed by atoms with Gasteiger partial charge in [-0.15, -0.1) is 11.3 Å². The van der Waals surface area contributed by atoms with E-state index in [1.54, 1.807) is 11.3 Å². The number of fused-ring (bicyclic) bond motifs is 1. The van der Waals surface area contributed by atoms with Crippen LogP contribution in [-0.4, -0.2) is 79.1 Å². The zero-order valence-electron chi connectivity index (χ0n) is 21.7. The molecular weight excluding hydrogens is 482 g/mol. The molecule has 1 atom stereocenters. The van der Waals surface area contributed by atoms with E-state index in [0.29, 0.717) is 10.7 Å². The number of hydrogen-bond acceptors (Lipinski definition) is 8. The lowest BCUT2D eigenvalue weighted by atomic mass is 9.70. The molecular formula is C27H35N9S. The molecule has 3 aromatic rings. The fourth-order valence-corrected chi connectivity index (χ4v) is 7.18. The average Bonchev–Trinajstić information content (AvgIpc) is 3.55. The van der Waals surface area contributed by atoms with Crippen molar-refractivity contribution >= 4 is 33.5 Å². The molecule has 0 amide bonds. The van der Waals surface area contributed by atoms with Crippen molar-refractivity contribution in [3.05, 3.63) is 51.9 Å². The minimum atomic E-state index is -0.281. The van der Waals surface area contributed by atoms with E-state index in [9.17, 15) is 0 Å². The molecule has 0 spiro atoms. The zero-order valence-corrected chi connectivity index (χ0v) is 22.5. The second-order valence-corrected chi connectivity index (χ2v) is 11.8. The van der Waals surface area contributed by atoms with Crippen LogP contribution >= 0.6 is 11.3 Å². The molecule has 3 aromatic heterocycles.